The lowest BCUT2D eigenvalue weighted by Gasteiger charge is -2.16. The predicted octanol–water partition coefficient (Wildman–Crippen LogP) is 2.30. The summed E-state index contributed by atoms with van der Waals surface area (Å²) in [5.41, 5.74) is 3.29. The Kier molecular flexibility index (Phi) is 4.10. The first-order valence-electron chi connectivity index (χ1n) is 5.43. The van der Waals surface area contributed by atoms with Crippen LogP contribution in [0.25, 0.3) is 0 Å². The van der Waals surface area contributed by atoms with E-state index < -0.39 is 10.0 Å². The zero-order chi connectivity index (χ0) is 12.3. The van der Waals surface area contributed by atoms with Gasteiger partial charge in [0, 0.05) is 6.04 Å². The Labute approximate surface area is 97.9 Å². The van der Waals surface area contributed by atoms with Crippen LogP contribution in [-0.4, -0.2) is 14.2 Å². The van der Waals surface area contributed by atoms with E-state index >= 15 is 0 Å². The highest BCUT2D eigenvalue weighted by Crippen LogP contribution is 2.19. The minimum atomic E-state index is -3.15. The van der Waals surface area contributed by atoms with Crippen molar-refractivity contribution in [1.82, 2.24) is 4.72 Å². The molecule has 1 atom stereocenters. The van der Waals surface area contributed by atoms with Crippen LogP contribution in [0.4, 0.5) is 0 Å². The fraction of sp³-hybridized carbons (Fsp3) is 0.500. The van der Waals surface area contributed by atoms with Gasteiger partial charge in [-0.3, -0.25) is 0 Å². The minimum Gasteiger partial charge on any atom is -0.212 e. The lowest BCUT2D eigenvalue weighted by molar-refractivity contribution is 0.567. The molecule has 1 unspecified atom stereocenters. The second-order valence-electron chi connectivity index (χ2n) is 4.10. The molecule has 4 heteroatoms. The van der Waals surface area contributed by atoms with E-state index in [0.29, 0.717) is 0 Å². The Balaban J connectivity index is 2.97. The minimum absolute atomic E-state index is 0.113. The molecule has 0 aliphatic carbocycles. The van der Waals surface area contributed by atoms with Gasteiger partial charge < -0.3 is 0 Å². The van der Waals surface area contributed by atoms with Crippen LogP contribution < -0.4 is 4.72 Å². The smallest absolute Gasteiger partial charge is 0.211 e. The van der Waals surface area contributed by atoms with E-state index in [4.69, 9.17) is 0 Å². The Morgan fingerprint density at radius 2 is 1.94 bits per heavy atom. The maximum absolute atomic E-state index is 11.5. The summed E-state index contributed by atoms with van der Waals surface area (Å²) in [6.45, 7) is 7.50. The molecule has 0 aliphatic heterocycles. The molecule has 0 aliphatic rings. The van der Waals surface area contributed by atoms with Crippen molar-refractivity contribution in [2.45, 2.75) is 33.7 Å². The van der Waals surface area contributed by atoms with Crippen LogP contribution >= 0.6 is 0 Å². The van der Waals surface area contributed by atoms with Gasteiger partial charge in [-0.25, -0.2) is 13.1 Å². The molecule has 0 spiro atoms. The van der Waals surface area contributed by atoms with Gasteiger partial charge in [0.15, 0.2) is 0 Å². The summed E-state index contributed by atoms with van der Waals surface area (Å²) in [5, 5.41) is 0. The van der Waals surface area contributed by atoms with Crippen molar-refractivity contribution in [3.05, 3.63) is 34.9 Å². The molecule has 90 valence electrons. The van der Waals surface area contributed by atoms with Crippen LogP contribution in [0.3, 0.4) is 0 Å². The average molecular weight is 241 g/mol. The summed E-state index contributed by atoms with van der Waals surface area (Å²) >= 11 is 0. The van der Waals surface area contributed by atoms with E-state index in [0.717, 1.165) is 16.7 Å². The van der Waals surface area contributed by atoms with Gasteiger partial charge in [0.2, 0.25) is 10.0 Å². The second kappa shape index (κ2) is 4.97. The summed E-state index contributed by atoms with van der Waals surface area (Å²) in [6.07, 6.45) is 0. The molecule has 3 nitrogen and oxygen atoms in total. The molecular formula is C12H19NO2S. The molecule has 1 N–H and O–H groups in total. The van der Waals surface area contributed by atoms with Crippen molar-refractivity contribution in [2.75, 3.05) is 5.75 Å². The quantitative estimate of drug-likeness (QED) is 0.879. The van der Waals surface area contributed by atoms with E-state index in [-0.39, 0.29) is 11.8 Å². The highest BCUT2D eigenvalue weighted by molar-refractivity contribution is 7.89. The lowest BCUT2D eigenvalue weighted by atomic mass is 10.0. The van der Waals surface area contributed by atoms with Gasteiger partial charge in [0.1, 0.15) is 0 Å². The third kappa shape index (κ3) is 3.32. The molecule has 16 heavy (non-hydrogen) atoms. The topological polar surface area (TPSA) is 46.2 Å². The summed E-state index contributed by atoms with van der Waals surface area (Å²) in [5.74, 6) is 0.113. The fourth-order valence-corrected chi connectivity index (χ4v) is 2.47. The standard InChI is InChI=1S/C12H19NO2S/c1-5-16(14,15)13-11(4)12-8-9(2)6-7-10(12)3/h6-8,11,13H,5H2,1-4H3. The lowest BCUT2D eigenvalue weighted by Crippen LogP contribution is -2.28. The Bertz CT molecular complexity index is 466. The van der Waals surface area contributed by atoms with Gasteiger partial charge in [-0.2, -0.15) is 0 Å². The largest absolute Gasteiger partial charge is 0.212 e. The van der Waals surface area contributed by atoms with Crippen LogP contribution in [0.1, 0.15) is 36.6 Å². The molecule has 0 bridgehead atoms. The number of hydrogen-bond donors (Lipinski definition) is 1. The first-order chi connectivity index (χ1) is 7.35. The van der Waals surface area contributed by atoms with Gasteiger partial charge in [-0.05, 0) is 38.8 Å². The fourth-order valence-electron chi connectivity index (χ4n) is 1.64. The van der Waals surface area contributed by atoms with Gasteiger partial charge in [0.05, 0.1) is 5.75 Å². The summed E-state index contributed by atoms with van der Waals surface area (Å²) in [4.78, 5) is 0. The molecule has 0 saturated carbocycles. The Morgan fingerprint density at radius 3 is 2.50 bits per heavy atom. The van der Waals surface area contributed by atoms with Crippen LogP contribution in [0.15, 0.2) is 18.2 Å². The van der Waals surface area contributed by atoms with Crippen molar-refractivity contribution >= 4 is 10.0 Å². The van der Waals surface area contributed by atoms with E-state index in [2.05, 4.69) is 4.72 Å². The monoisotopic (exact) mass is 241 g/mol. The van der Waals surface area contributed by atoms with Crippen molar-refractivity contribution in [3.8, 4) is 0 Å². The number of sulfonamides is 1. The molecule has 1 aromatic carbocycles. The predicted molar refractivity (Wildman–Crippen MR) is 66.9 cm³/mol. The summed E-state index contributed by atoms with van der Waals surface area (Å²) in [7, 11) is -3.15. The molecular weight excluding hydrogens is 222 g/mol. The first-order valence-corrected chi connectivity index (χ1v) is 7.08. The molecule has 0 amide bonds. The number of hydrogen-bond acceptors (Lipinski definition) is 2. The third-order valence-electron chi connectivity index (χ3n) is 2.64. The maximum Gasteiger partial charge on any atom is 0.211 e. The molecule has 0 aromatic heterocycles. The van der Waals surface area contributed by atoms with Gasteiger partial charge in [0.25, 0.3) is 0 Å². The number of nitrogens with one attached hydrogen (secondary N) is 1. The molecule has 0 saturated heterocycles. The SMILES string of the molecule is CCS(=O)(=O)NC(C)c1cc(C)ccc1C. The molecule has 1 aromatic rings. The van der Waals surface area contributed by atoms with E-state index in [9.17, 15) is 8.42 Å². The van der Waals surface area contributed by atoms with Crippen LogP contribution in [0, 0.1) is 13.8 Å². The van der Waals surface area contributed by atoms with E-state index in [1.165, 1.54) is 0 Å². The normalized spacial score (nSPS) is 13.8. The third-order valence-corrected chi connectivity index (χ3v) is 4.11. The second-order valence-corrected chi connectivity index (χ2v) is 6.15. The van der Waals surface area contributed by atoms with Crippen molar-refractivity contribution in [1.29, 1.82) is 0 Å². The average Bonchev–Trinajstić information content (AvgIpc) is 2.21. The highest BCUT2D eigenvalue weighted by atomic mass is 32.2. The molecule has 0 heterocycles. The maximum atomic E-state index is 11.5. The number of aryl methyl sites for hydroxylation is 2. The molecule has 1 rings (SSSR count). The zero-order valence-electron chi connectivity index (χ0n) is 10.2. The zero-order valence-corrected chi connectivity index (χ0v) is 11.1. The van der Waals surface area contributed by atoms with E-state index in [1.807, 2.05) is 39.0 Å². The van der Waals surface area contributed by atoms with Gasteiger partial charge in [-0.15, -0.1) is 0 Å². The summed E-state index contributed by atoms with van der Waals surface area (Å²) in [6, 6.07) is 5.89. The van der Waals surface area contributed by atoms with Crippen molar-refractivity contribution in [3.63, 3.8) is 0 Å². The van der Waals surface area contributed by atoms with Crippen LogP contribution in [-0.2, 0) is 10.0 Å². The van der Waals surface area contributed by atoms with E-state index in [1.54, 1.807) is 6.92 Å². The summed E-state index contributed by atoms with van der Waals surface area (Å²) < 4.78 is 25.6. The van der Waals surface area contributed by atoms with Gasteiger partial charge in [-0.1, -0.05) is 23.8 Å². The first kappa shape index (κ1) is 13.2. The van der Waals surface area contributed by atoms with Crippen LogP contribution in [0.2, 0.25) is 0 Å². The van der Waals surface area contributed by atoms with Crippen molar-refractivity contribution < 1.29 is 8.42 Å². The number of benzene rings is 1. The number of rotatable bonds is 4. The highest BCUT2D eigenvalue weighted by Gasteiger charge is 2.15. The Morgan fingerprint density at radius 1 is 1.31 bits per heavy atom. The van der Waals surface area contributed by atoms with Crippen molar-refractivity contribution in [2.24, 2.45) is 0 Å². The van der Waals surface area contributed by atoms with Gasteiger partial charge >= 0.3 is 0 Å². The molecule has 0 fully saturated rings. The van der Waals surface area contributed by atoms with Crippen LogP contribution in [0.5, 0.6) is 0 Å². The molecule has 0 radical (unpaired) electrons. The Hall–Kier alpha value is -0.870.